The van der Waals surface area contributed by atoms with Gasteiger partial charge in [-0.3, -0.25) is 4.79 Å². The summed E-state index contributed by atoms with van der Waals surface area (Å²) in [4.78, 5) is 10.8. The van der Waals surface area contributed by atoms with E-state index in [0.29, 0.717) is 13.2 Å². The average Bonchev–Trinajstić information content (AvgIpc) is 2.05. The molecule has 0 aliphatic carbocycles. The van der Waals surface area contributed by atoms with E-state index in [1.807, 2.05) is 6.92 Å². The van der Waals surface area contributed by atoms with Crippen molar-refractivity contribution in [2.24, 2.45) is 0 Å². The first kappa shape index (κ1) is 11.4. The van der Waals surface area contributed by atoms with Gasteiger partial charge in [-0.2, -0.15) is 0 Å². The van der Waals surface area contributed by atoms with Gasteiger partial charge >= 0.3 is 0 Å². The molecule has 0 radical (unpaired) electrons. The molecule has 0 rings (SSSR count). The van der Waals surface area contributed by atoms with E-state index < -0.39 is 0 Å². The summed E-state index contributed by atoms with van der Waals surface area (Å²) in [6, 6.07) is 0. The number of amides is 1. The summed E-state index contributed by atoms with van der Waals surface area (Å²) in [6.45, 7) is 4.16. The molecule has 0 aromatic carbocycles. The van der Waals surface area contributed by atoms with Gasteiger partial charge in [-0.25, -0.2) is 0 Å². The lowest BCUT2D eigenvalue weighted by atomic mass is 10.4. The predicted octanol–water partition coefficient (Wildman–Crippen LogP) is 0.176. The number of ether oxygens (including phenoxy) is 2. The van der Waals surface area contributed by atoms with Crippen LogP contribution in [-0.2, 0) is 14.3 Å². The number of hydrogen-bond acceptors (Lipinski definition) is 3. The Morgan fingerprint density at radius 1 is 1.50 bits per heavy atom. The van der Waals surface area contributed by atoms with Crippen molar-refractivity contribution in [3.05, 3.63) is 0 Å². The monoisotopic (exact) mass is 175 g/mol. The van der Waals surface area contributed by atoms with Gasteiger partial charge in [0.25, 0.3) is 0 Å². The van der Waals surface area contributed by atoms with Crippen LogP contribution < -0.4 is 5.32 Å². The number of carbonyl (C=O) groups excluding carboxylic acids is 1. The summed E-state index contributed by atoms with van der Waals surface area (Å²) in [6.07, 6.45) is 0.850. The first-order valence-electron chi connectivity index (χ1n) is 4.14. The molecule has 72 valence electrons. The average molecular weight is 175 g/mol. The fraction of sp³-hybridized carbons (Fsp3) is 0.875. The molecule has 1 amide bonds. The minimum absolute atomic E-state index is 0.0750. The van der Waals surface area contributed by atoms with E-state index in [4.69, 9.17) is 4.74 Å². The minimum Gasteiger partial charge on any atom is -0.382 e. The number of hydrogen-bond donors (Lipinski definition) is 1. The molecule has 0 bridgehead atoms. The van der Waals surface area contributed by atoms with Gasteiger partial charge in [0.1, 0.15) is 6.61 Å². The Kier molecular flexibility index (Phi) is 8.05. The molecule has 1 N–H and O–H groups in total. The second-order valence-electron chi connectivity index (χ2n) is 2.33. The van der Waals surface area contributed by atoms with Crippen LogP contribution in [0, 0.1) is 0 Å². The third-order valence-electron chi connectivity index (χ3n) is 1.27. The maximum absolute atomic E-state index is 10.8. The van der Waals surface area contributed by atoms with Gasteiger partial charge in [0.05, 0.1) is 0 Å². The second kappa shape index (κ2) is 8.49. The molecule has 0 atom stereocenters. The first-order chi connectivity index (χ1) is 5.81. The molecule has 12 heavy (non-hydrogen) atoms. The Morgan fingerprint density at radius 2 is 2.25 bits per heavy atom. The molecule has 0 saturated heterocycles. The number of nitrogens with one attached hydrogen (secondary N) is 1. The van der Waals surface area contributed by atoms with Gasteiger partial charge < -0.3 is 14.8 Å². The van der Waals surface area contributed by atoms with Crippen molar-refractivity contribution in [2.75, 3.05) is 33.5 Å². The highest BCUT2D eigenvalue weighted by Crippen LogP contribution is 1.80. The Balaban J connectivity index is 3.03. The van der Waals surface area contributed by atoms with Crippen molar-refractivity contribution in [3.8, 4) is 0 Å². The highest BCUT2D eigenvalue weighted by molar-refractivity contribution is 5.77. The molecule has 0 fully saturated rings. The van der Waals surface area contributed by atoms with Crippen LogP contribution in [-0.4, -0.2) is 39.4 Å². The van der Waals surface area contributed by atoms with Crippen molar-refractivity contribution in [1.82, 2.24) is 5.32 Å². The van der Waals surface area contributed by atoms with Crippen LogP contribution >= 0.6 is 0 Å². The van der Waals surface area contributed by atoms with Crippen LogP contribution in [0.15, 0.2) is 0 Å². The lowest BCUT2D eigenvalue weighted by Gasteiger charge is -2.03. The standard InChI is InChI=1S/C8H17NO3/c1-3-12-6-4-5-9-8(10)7-11-2/h3-7H2,1-2H3,(H,9,10). The molecule has 4 heteroatoms. The van der Waals surface area contributed by atoms with E-state index in [1.165, 1.54) is 7.11 Å². The molecule has 0 aromatic rings. The molecule has 0 aliphatic rings. The van der Waals surface area contributed by atoms with Crippen LogP contribution in [0.5, 0.6) is 0 Å². The quantitative estimate of drug-likeness (QED) is 0.561. The maximum Gasteiger partial charge on any atom is 0.245 e. The third kappa shape index (κ3) is 7.50. The van der Waals surface area contributed by atoms with Gasteiger partial charge in [0.15, 0.2) is 0 Å². The van der Waals surface area contributed by atoms with Crippen LogP contribution in [0.1, 0.15) is 13.3 Å². The van der Waals surface area contributed by atoms with Gasteiger partial charge in [0.2, 0.25) is 5.91 Å². The topological polar surface area (TPSA) is 47.6 Å². The molecule has 0 unspecified atom stereocenters. The Hall–Kier alpha value is -0.610. The van der Waals surface area contributed by atoms with Gasteiger partial charge in [-0.05, 0) is 13.3 Å². The lowest BCUT2D eigenvalue weighted by Crippen LogP contribution is -2.28. The van der Waals surface area contributed by atoms with E-state index in [2.05, 4.69) is 10.1 Å². The number of rotatable bonds is 7. The van der Waals surface area contributed by atoms with Crippen LogP contribution in [0.3, 0.4) is 0 Å². The highest BCUT2D eigenvalue weighted by Gasteiger charge is 1.96. The SMILES string of the molecule is CCOCCCNC(=O)COC. The molecule has 0 spiro atoms. The summed E-state index contributed by atoms with van der Waals surface area (Å²) in [7, 11) is 1.50. The maximum atomic E-state index is 10.8. The number of carbonyl (C=O) groups is 1. The van der Waals surface area contributed by atoms with Crippen molar-refractivity contribution in [1.29, 1.82) is 0 Å². The van der Waals surface area contributed by atoms with Crippen LogP contribution in [0.4, 0.5) is 0 Å². The van der Waals surface area contributed by atoms with E-state index in [1.54, 1.807) is 0 Å². The van der Waals surface area contributed by atoms with E-state index in [-0.39, 0.29) is 12.5 Å². The summed E-state index contributed by atoms with van der Waals surface area (Å²) < 4.78 is 9.73. The van der Waals surface area contributed by atoms with Crippen LogP contribution in [0.25, 0.3) is 0 Å². The Morgan fingerprint density at radius 3 is 2.83 bits per heavy atom. The predicted molar refractivity (Wildman–Crippen MR) is 46.0 cm³/mol. The third-order valence-corrected chi connectivity index (χ3v) is 1.27. The Bertz CT molecular complexity index is 117. The van der Waals surface area contributed by atoms with Gasteiger partial charge in [-0.1, -0.05) is 0 Å². The van der Waals surface area contributed by atoms with Crippen LogP contribution in [0.2, 0.25) is 0 Å². The summed E-state index contributed by atoms with van der Waals surface area (Å²) in [5, 5.41) is 2.70. The van der Waals surface area contributed by atoms with Gasteiger partial charge in [0, 0.05) is 26.9 Å². The zero-order chi connectivity index (χ0) is 9.23. The molecule has 4 nitrogen and oxygen atoms in total. The summed E-state index contributed by atoms with van der Waals surface area (Å²) >= 11 is 0. The minimum atomic E-state index is -0.0750. The normalized spacial score (nSPS) is 9.83. The first-order valence-corrected chi connectivity index (χ1v) is 4.14. The number of methoxy groups -OCH3 is 1. The highest BCUT2D eigenvalue weighted by atomic mass is 16.5. The second-order valence-corrected chi connectivity index (χ2v) is 2.33. The van der Waals surface area contributed by atoms with Crippen molar-refractivity contribution in [2.45, 2.75) is 13.3 Å². The summed E-state index contributed by atoms with van der Waals surface area (Å²) in [5.41, 5.74) is 0. The van der Waals surface area contributed by atoms with Crippen molar-refractivity contribution in [3.63, 3.8) is 0 Å². The van der Waals surface area contributed by atoms with Crippen molar-refractivity contribution >= 4 is 5.91 Å². The molecule has 0 aromatic heterocycles. The van der Waals surface area contributed by atoms with E-state index >= 15 is 0 Å². The fourth-order valence-electron chi connectivity index (χ4n) is 0.729. The molecule has 0 saturated carbocycles. The zero-order valence-corrected chi connectivity index (χ0v) is 7.76. The van der Waals surface area contributed by atoms with E-state index in [0.717, 1.165) is 13.0 Å². The molecular weight excluding hydrogens is 158 g/mol. The van der Waals surface area contributed by atoms with Gasteiger partial charge in [-0.15, -0.1) is 0 Å². The summed E-state index contributed by atoms with van der Waals surface area (Å²) in [5.74, 6) is -0.0750. The lowest BCUT2D eigenvalue weighted by molar-refractivity contribution is -0.124. The Labute approximate surface area is 73.2 Å². The van der Waals surface area contributed by atoms with E-state index in [9.17, 15) is 4.79 Å². The van der Waals surface area contributed by atoms with Crippen molar-refractivity contribution < 1.29 is 14.3 Å². The zero-order valence-electron chi connectivity index (χ0n) is 7.76. The molecule has 0 heterocycles. The smallest absolute Gasteiger partial charge is 0.245 e. The molecular formula is C8H17NO3. The fourth-order valence-corrected chi connectivity index (χ4v) is 0.729. The largest absolute Gasteiger partial charge is 0.382 e. The molecule has 0 aliphatic heterocycles.